The van der Waals surface area contributed by atoms with Gasteiger partial charge < -0.3 is 15.1 Å². The van der Waals surface area contributed by atoms with Crippen molar-refractivity contribution in [3.8, 4) is 0 Å². The van der Waals surface area contributed by atoms with Crippen molar-refractivity contribution in [3.63, 3.8) is 0 Å². The molecule has 33 heavy (non-hydrogen) atoms. The van der Waals surface area contributed by atoms with Crippen LogP contribution < -0.4 is 15.1 Å². The molecule has 1 atom stereocenters. The molecule has 0 fully saturated rings. The third kappa shape index (κ3) is 4.59. The van der Waals surface area contributed by atoms with Crippen LogP contribution >= 0.6 is 0 Å². The van der Waals surface area contributed by atoms with Crippen molar-refractivity contribution >= 4 is 23.4 Å². The Morgan fingerprint density at radius 2 is 1.94 bits per heavy atom. The number of nitrogens with zero attached hydrogens (tertiary/aromatic N) is 7. The molecule has 0 saturated heterocycles. The summed E-state index contributed by atoms with van der Waals surface area (Å²) in [5.74, 6) is 1.05. The van der Waals surface area contributed by atoms with Crippen LogP contribution in [-0.2, 0) is 24.1 Å². The fraction of sp³-hybridized carbons (Fsp3) is 0.381. The van der Waals surface area contributed by atoms with E-state index in [0.29, 0.717) is 41.8 Å². The minimum absolute atomic E-state index is 0.103. The van der Waals surface area contributed by atoms with Gasteiger partial charge >= 0.3 is 6.18 Å². The van der Waals surface area contributed by atoms with Crippen LogP contribution in [0, 0.1) is 6.92 Å². The molecule has 0 bridgehead atoms. The number of halogens is 3. The van der Waals surface area contributed by atoms with Crippen molar-refractivity contribution in [3.05, 3.63) is 53.2 Å². The number of alkyl halides is 3. The van der Waals surface area contributed by atoms with Crippen molar-refractivity contribution in [1.82, 2.24) is 24.7 Å². The Balaban J connectivity index is 1.46. The lowest BCUT2D eigenvalue weighted by Gasteiger charge is -2.33. The second-order valence-corrected chi connectivity index (χ2v) is 8.04. The topological polar surface area (TPSA) is 92.1 Å². The second kappa shape index (κ2) is 8.34. The van der Waals surface area contributed by atoms with Gasteiger partial charge in [0, 0.05) is 38.6 Å². The normalized spacial score (nSPS) is 15.9. The smallest absolute Gasteiger partial charge is 0.346 e. The Kier molecular flexibility index (Phi) is 5.68. The monoisotopic (exact) mass is 460 g/mol. The minimum Gasteiger partial charge on any atom is -0.346 e. The van der Waals surface area contributed by atoms with Crippen LogP contribution in [0.25, 0.3) is 0 Å². The standard InChI is InChI=1S/C21H23F3N8O/c1-12-17-18(31(4)13(2)19(33)28-17)29-20(27-12)30(3)9-15-8-26-32(11-15)10-14-5-6-16(25-7-14)21(22,23)24/h5-8,11,13H,9-10H2,1-4H3,(H,28,33)/t13-/m0/s1. The number of amides is 1. The van der Waals surface area contributed by atoms with Crippen LogP contribution in [0.5, 0.6) is 0 Å². The first kappa shape index (κ1) is 22.5. The fourth-order valence-electron chi connectivity index (χ4n) is 3.49. The summed E-state index contributed by atoms with van der Waals surface area (Å²) >= 11 is 0. The molecule has 3 aromatic rings. The molecule has 1 amide bonds. The molecule has 0 unspecified atom stereocenters. The van der Waals surface area contributed by atoms with E-state index in [-0.39, 0.29) is 11.9 Å². The van der Waals surface area contributed by atoms with Crippen LogP contribution in [-0.4, -0.2) is 50.8 Å². The van der Waals surface area contributed by atoms with E-state index in [1.165, 1.54) is 12.3 Å². The van der Waals surface area contributed by atoms with Gasteiger partial charge in [0.2, 0.25) is 11.9 Å². The summed E-state index contributed by atoms with van der Waals surface area (Å²) in [6.45, 7) is 4.39. The number of nitrogens with one attached hydrogen (secondary N) is 1. The third-order valence-corrected chi connectivity index (χ3v) is 5.51. The van der Waals surface area contributed by atoms with E-state index in [2.05, 4.69) is 25.4 Å². The van der Waals surface area contributed by atoms with E-state index >= 15 is 0 Å². The number of hydrogen-bond donors (Lipinski definition) is 1. The number of fused-ring (bicyclic) bond motifs is 1. The van der Waals surface area contributed by atoms with Crippen LogP contribution in [0.4, 0.5) is 30.6 Å². The van der Waals surface area contributed by atoms with Gasteiger partial charge in [-0.2, -0.15) is 23.3 Å². The Labute approximate surface area is 188 Å². The molecule has 0 aromatic carbocycles. The number of rotatable bonds is 5. The molecule has 1 N–H and O–H groups in total. The zero-order chi connectivity index (χ0) is 23.9. The van der Waals surface area contributed by atoms with Gasteiger partial charge in [0.25, 0.3) is 0 Å². The Hall–Kier alpha value is -3.70. The first-order valence-electron chi connectivity index (χ1n) is 10.2. The first-order valence-corrected chi connectivity index (χ1v) is 10.2. The highest BCUT2D eigenvalue weighted by molar-refractivity contribution is 6.03. The van der Waals surface area contributed by atoms with Gasteiger partial charge in [-0.3, -0.25) is 14.5 Å². The number of aromatic nitrogens is 5. The van der Waals surface area contributed by atoms with Crippen molar-refractivity contribution in [2.45, 2.75) is 39.2 Å². The fourth-order valence-corrected chi connectivity index (χ4v) is 3.49. The summed E-state index contributed by atoms with van der Waals surface area (Å²) in [6, 6.07) is 2.01. The lowest BCUT2D eigenvalue weighted by molar-refractivity contribution is -0.141. The molecular weight excluding hydrogens is 437 g/mol. The maximum Gasteiger partial charge on any atom is 0.433 e. The zero-order valence-corrected chi connectivity index (χ0v) is 18.6. The van der Waals surface area contributed by atoms with Crippen LogP contribution in [0.2, 0.25) is 0 Å². The Morgan fingerprint density at radius 1 is 1.18 bits per heavy atom. The highest BCUT2D eigenvalue weighted by Crippen LogP contribution is 2.33. The van der Waals surface area contributed by atoms with Crippen LogP contribution in [0.1, 0.15) is 29.4 Å². The molecule has 12 heteroatoms. The van der Waals surface area contributed by atoms with Gasteiger partial charge in [0.15, 0.2) is 5.82 Å². The quantitative estimate of drug-likeness (QED) is 0.626. The SMILES string of the molecule is Cc1nc(N(C)Cc2cnn(Cc3ccc(C(F)(F)F)nc3)c2)nc2c1NC(=O)[C@H](C)N2C. The average Bonchev–Trinajstić information content (AvgIpc) is 3.19. The van der Waals surface area contributed by atoms with Gasteiger partial charge in [0.1, 0.15) is 17.4 Å². The molecule has 1 aliphatic heterocycles. The summed E-state index contributed by atoms with van der Waals surface area (Å²) < 4.78 is 39.6. The number of carbonyl (C=O) groups is 1. The van der Waals surface area contributed by atoms with Crippen LogP contribution in [0.15, 0.2) is 30.7 Å². The van der Waals surface area contributed by atoms with Gasteiger partial charge in [-0.25, -0.2) is 4.98 Å². The largest absolute Gasteiger partial charge is 0.433 e. The zero-order valence-electron chi connectivity index (χ0n) is 18.6. The molecule has 4 heterocycles. The van der Waals surface area contributed by atoms with Crippen molar-refractivity contribution in [2.75, 3.05) is 29.2 Å². The number of likely N-dealkylation sites (N-methyl/N-ethyl adjacent to an activating group) is 1. The Morgan fingerprint density at radius 3 is 2.61 bits per heavy atom. The van der Waals surface area contributed by atoms with E-state index in [9.17, 15) is 18.0 Å². The predicted molar refractivity (Wildman–Crippen MR) is 116 cm³/mol. The van der Waals surface area contributed by atoms with E-state index < -0.39 is 11.9 Å². The highest BCUT2D eigenvalue weighted by atomic mass is 19.4. The maximum absolute atomic E-state index is 12.7. The second-order valence-electron chi connectivity index (χ2n) is 8.04. The molecule has 0 aliphatic carbocycles. The molecule has 3 aromatic heterocycles. The van der Waals surface area contributed by atoms with Gasteiger partial charge in [0.05, 0.1) is 18.4 Å². The van der Waals surface area contributed by atoms with E-state index in [4.69, 9.17) is 0 Å². The molecule has 0 radical (unpaired) electrons. The van der Waals surface area contributed by atoms with Crippen molar-refractivity contribution in [2.24, 2.45) is 0 Å². The van der Waals surface area contributed by atoms with Crippen LogP contribution in [0.3, 0.4) is 0 Å². The lowest BCUT2D eigenvalue weighted by Crippen LogP contribution is -2.45. The summed E-state index contributed by atoms with van der Waals surface area (Å²) in [6.07, 6.45) is 0.245. The summed E-state index contributed by atoms with van der Waals surface area (Å²) in [5, 5.41) is 7.15. The highest BCUT2D eigenvalue weighted by Gasteiger charge is 2.32. The van der Waals surface area contributed by atoms with Gasteiger partial charge in [-0.1, -0.05) is 6.07 Å². The van der Waals surface area contributed by atoms with Gasteiger partial charge in [-0.05, 0) is 25.5 Å². The number of carbonyl (C=O) groups excluding carboxylic acids is 1. The number of pyridine rings is 1. The minimum atomic E-state index is -4.46. The van der Waals surface area contributed by atoms with Crippen molar-refractivity contribution < 1.29 is 18.0 Å². The third-order valence-electron chi connectivity index (χ3n) is 5.51. The summed E-state index contributed by atoms with van der Waals surface area (Å²) in [7, 11) is 3.67. The van der Waals surface area contributed by atoms with E-state index in [1.54, 1.807) is 17.8 Å². The first-order chi connectivity index (χ1) is 15.5. The Bertz CT molecular complexity index is 1180. The number of anilines is 3. The maximum atomic E-state index is 12.7. The number of aryl methyl sites for hydroxylation is 1. The van der Waals surface area contributed by atoms with E-state index in [1.807, 2.05) is 37.0 Å². The molecular formula is C21H23F3N8O. The molecule has 0 saturated carbocycles. The average molecular weight is 460 g/mol. The molecule has 0 spiro atoms. The molecule has 1 aliphatic rings. The molecule has 4 rings (SSSR count). The van der Waals surface area contributed by atoms with Gasteiger partial charge in [-0.15, -0.1) is 0 Å². The molecule has 9 nitrogen and oxygen atoms in total. The summed E-state index contributed by atoms with van der Waals surface area (Å²) in [5.41, 5.74) is 1.84. The predicted octanol–water partition coefficient (Wildman–Crippen LogP) is 2.86. The number of hydrogen-bond acceptors (Lipinski definition) is 7. The summed E-state index contributed by atoms with van der Waals surface area (Å²) in [4.78, 5) is 28.4. The van der Waals surface area contributed by atoms with E-state index in [0.717, 1.165) is 11.6 Å². The van der Waals surface area contributed by atoms with Crippen molar-refractivity contribution in [1.29, 1.82) is 0 Å². The lowest BCUT2D eigenvalue weighted by atomic mass is 10.2. The molecule has 174 valence electrons.